The van der Waals surface area contributed by atoms with Crippen LogP contribution in [-0.2, 0) is 17.7 Å². The second-order valence-electron chi connectivity index (χ2n) is 7.49. The van der Waals surface area contributed by atoms with E-state index in [9.17, 15) is 9.59 Å². The standard InChI is InChI=1S/C19H24N4O3/c1-12-7-5-6-8-13(12)17(24)23-16(20)14-9-10-22(11-15(14)21-23)18(25)26-19(2,3)4/h5-8H,9-11,20H2,1-4H3. The smallest absolute Gasteiger partial charge is 0.410 e. The van der Waals surface area contributed by atoms with Crippen molar-refractivity contribution in [1.82, 2.24) is 14.7 Å². The summed E-state index contributed by atoms with van der Waals surface area (Å²) in [5.41, 5.74) is 8.51. The van der Waals surface area contributed by atoms with Crippen LogP contribution in [-0.4, -0.2) is 38.8 Å². The molecule has 0 aliphatic carbocycles. The number of nitrogen functional groups attached to an aromatic ring is 1. The largest absolute Gasteiger partial charge is 0.444 e. The Bertz CT molecular complexity index is 864. The monoisotopic (exact) mass is 356 g/mol. The molecule has 2 heterocycles. The van der Waals surface area contributed by atoms with Crippen molar-refractivity contribution in [1.29, 1.82) is 0 Å². The van der Waals surface area contributed by atoms with Gasteiger partial charge in [-0.15, -0.1) is 0 Å². The molecule has 2 N–H and O–H groups in total. The van der Waals surface area contributed by atoms with Crippen LogP contribution in [0.15, 0.2) is 24.3 Å². The summed E-state index contributed by atoms with van der Waals surface area (Å²) in [6.07, 6.45) is 0.156. The lowest BCUT2D eigenvalue weighted by atomic mass is 10.1. The van der Waals surface area contributed by atoms with Crippen LogP contribution in [0.1, 0.15) is 48.0 Å². The van der Waals surface area contributed by atoms with Crippen molar-refractivity contribution in [3.05, 3.63) is 46.6 Å². The topological polar surface area (TPSA) is 90.5 Å². The number of carbonyl (C=O) groups excluding carboxylic acids is 2. The van der Waals surface area contributed by atoms with Gasteiger partial charge in [0.25, 0.3) is 5.91 Å². The van der Waals surface area contributed by atoms with Gasteiger partial charge in [0.05, 0.1) is 12.2 Å². The summed E-state index contributed by atoms with van der Waals surface area (Å²) in [5.74, 6) is 0.0795. The zero-order chi connectivity index (χ0) is 19.1. The van der Waals surface area contributed by atoms with Crippen molar-refractivity contribution in [2.24, 2.45) is 0 Å². The zero-order valence-electron chi connectivity index (χ0n) is 15.6. The Morgan fingerprint density at radius 2 is 1.92 bits per heavy atom. The number of carbonyl (C=O) groups is 2. The maximum Gasteiger partial charge on any atom is 0.410 e. The third-order valence-electron chi connectivity index (χ3n) is 4.30. The lowest BCUT2D eigenvalue weighted by Gasteiger charge is -2.29. The number of nitrogens with zero attached hydrogens (tertiary/aromatic N) is 3. The lowest BCUT2D eigenvalue weighted by molar-refractivity contribution is 0.0221. The van der Waals surface area contributed by atoms with Crippen LogP contribution in [0.25, 0.3) is 0 Å². The second-order valence-corrected chi connectivity index (χ2v) is 7.49. The SMILES string of the molecule is Cc1ccccc1C(=O)n1nc2c(c1N)CCN(C(=O)OC(C)(C)C)C2. The van der Waals surface area contributed by atoms with Crippen molar-refractivity contribution in [3.63, 3.8) is 0 Å². The molecule has 1 amide bonds. The molecule has 0 saturated carbocycles. The first-order valence-electron chi connectivity index (χ1n) is 8.62. The van der Waals surface area contributed by atoms with Crippen molar-refractivity contribution in [3.8, 4) is 0 Å². The highest BCUT2D eigenvalue weighted by Crippen LogP contribution is 2.26. The molecule has 0 radical (unpaired) electrons. The summed E-state index contributed by atoms with van der Waals surface area (Å²) in [6, 6.07) is 7.31. The number of ether oxygens (including phenoxy) is 1. The number of aromatic nitrogens is 2. The molecule has 7 nitrogen and oxygen atoms in total. The van der Waals surface area contributed by atoms with Gasteiger partial charge in [-0.1, -0.05) is 18.2 Å². The zero-order valence-corrected chi connectivity index (χ0v) is 15.6. The van der Waals surface area contributed by atoms with E-state index in [2.05, 4.69) is 5.10 Å². The molecule has 7 heteroatoms. The number of benzene rings is 1. The Morgan fingerprint density at radius 3 is 2.58 bits per heavy atom. The minimum absolute atomic E-state index is 0.265. The Labute approximate surface area is 152 Å². The van der Waals surface area contributed by atoms with Gasteiger partial charge in [-0.05, 0) is 45.7 Å². The van der Waals surface area contributed by atoms with Crippen LogP contribution in [0.3, 0.4) is 0 Å². The highest BCUT2D eigenvalue weighted by atomic mass is 16.6. The van der Waals surface area contributed by atoms with Crippen LogP contribution in [0, 0.1) is 6.92 Å². The number of amides is 1. The molecule has 138 valence electrons. The van der Waals surface area contributed by atoms with Crippen molar-refractivity contribution in [2.75, 3.05) is 12.3 Å². The number of aryl methyl sites for hydroxylation is 1. The summed E-state index contributed by atoms with van der Waals surface area (Å²) in [7, 11) is 0. The van der Waals surface area contributed by atoms with E-state index < -0.39 is 5.60 Å². The van der Waals surface area contributed by atoms with E-state index in [0.717, 1.165) is 11.1 Å². The number of rotatable bonds is 1. The molecule has 26 heavy (non-hydrogen) atoms. The fourth-order valence-electron chi connectivity index (χ4n) is 2.98. The average molecular weight is 356 g/mol. The van der Waals surface area contributed by atoms with E-state index in [1.165, 1.54) is 4.68 Å². The Balaban J connectivity index is 1.86. The van der Waals surface area contributed by atoms with E-state index >= 15 is 0 Å². The summed E-state index contributed by atoms with van der Waals surface area (Å²) in [5, 5.41) is 4.39. The summed E-state index contributed by atoms with van der Waals surface area (Å²) in [4.78, 5) is 26.7. The molecule has 0 bridgehead atoms. The Hall–Kier alpha value is -2.83. The number of nitrogens with two attached hydrogens (primary N) is 1. The predicted octanol–water partition coefficient (Wildman–Crippen LogP) is 2.76. The lowest BCUT2D eigenvalue weighted by Crippen LogP contribution is -2.39. The average Bonchev–Trinajstić information content (AvgIpc) is 2.89. The minimum Gasteiger partial charge on any atom is -0.444 e. The first kappa shape index (κ1) is 18.0. The third kappa shape index (κ3) is 3.42. The highest BCUT2D eigenvalue weighted by molar-refractivity contribution is 5.98. The molecule has 0 atom stereocenters. The fourth-order valence-corrected chi connectivity index (χ4v) is 2.98. The molecule has 1 aromatic heterocycles. The van der Waals surface area contributed by atoms with Crippen LogP contribution < -0.4 is 5.73 Å². The number of anilines is 1. The summed E-state index contributed by atoms with van der Waals surface area (Å²) >= 11 is 0. The molecule has 2 aromatic rings. The third-order valence-corrected chi connectivity index (χ3v) is 4.30. The first-order valence-corrected chi connectivity index (χ1v) is 8.62. The van der Waals surface area contributed by atoms with Crippen molar-refractivity contribution in [2.45, 2.75) is 46.3 Å². The van der Waals surface area contributed by atoms with Gasteiger partial charge < -0.3 is 15.4 Å². The molecule has 0 spiro atoms. The maximum atomic E-state index is 12.8. The molecule has 0 saturated heterocycles. The van der Waals surface area contributed by atoms with Gasteiger partial charge in [0.2, 0.25) is 0 Å². The van der Waals surface area contributed by atoms with E-state index in [1.54, 1.807) is 11.0 Å². The molecule has 1 aromatic carbocycles. The van der Waals surface area contributed by atoms with Crippen molar-refractivity contribution < 1.29 is 14.3 Å². The van der Waals surface area contributed by atoms with Gasteiger partial charge in [-0.3, -0.25) is 4.79 Å². The van der Waals surface area contributed by atoms with E-state index in [4.69, 9.17) is 10.5 Å². The number of hydrogen-bond acceptors (Lipinski definition) is 5. The van der Waals surface area contributed by atoms with E-state index in [0.29, 0.717) is 30.0 Å². The van der Waals surface area contributed by atoms with E-state index in [1.807, 2.05) is 45.9 Å². The maximum absolute atomic E-state index is 12.8. The van der Waals surface area contributed by atoms with Gasteiger partial charge >= 0.3 is 6.09 Å². The quantitative estimate of drug-likeness (QED) is 0.848. The molecule has 0 fully saturated rings. The first-order chi connectivity index (χ1) is 12.2. The number of fused-ring (bicyclic) bond motifs is 1. The van der Waals surface area contributed by atoms with Gasteiger partial charge in [0, 0.05) is 17.7 Å². The highest BCUT2D eigenvalue weighted by Gasteiger charge is 2.30. The van der Waals surface area contributed by atoms with Crippen LogP contribution >= 0.6 is 0 Å². The van der Waals surface area contributed by atoms with Gasteiger partial charge in [-0.2, -0.15) is 9.78 Å². The van der Waals surface area contributed by atoms with Crippen LogP contribution in [0.2, 0.25) is 0 Å². The van der Waals surface area contributed by atoms with E-state index in [-0.39, 0.29) is 18.5 Å². The molecule has 3 rings (SSSR count). The number of hydrogen-bond donors (Lipinski definition) is 1. The summed E-state index contributed by atoms with van der Waals surface area (Å²) in [6.45, 7) is 8.12. The van der Waals surface area contributed by atoms with Gasteiger partial charge in [0.1, 0.15) is 11.4 Å². The molecule has 0 unspecified atom stereocenters. The Morgan fingerprint density at radius 1 is 1.23 bits per heavy atom. The Kier molecular flexibility index (Phi) is 4.48. The molecular formula is C19H24N4O3. The normalized spacial score (nSPS) is 14.1. The predicted molar refractivity (Wildman–Crippen MR) is 97.9 cm³/mol. The molecule has 1 aliphatic rings. The van der Waals surface area contributed by atoms with Crippen LogP contribution in [0.4, 0.5) is 10.6 Å². The fraction of sp³-hybridized carbons (Fsp3) is 0.421. The second kappa shape index (κ2) is 6.48. The molecular weight excluding hydrogens is 332 g/mol. The van der Waals surface area contributed by atoms with Crippen LogP contribution in [0.5, 0.6) is 0 Å². The van der Waals surface area contributed by atoms with Crippen molar-refractivity contribution >= 4 is 17.8 Å². The summed E-state index contributed by atoms with van der Waals surface area (Å²) < 4.78 is 6.66. The molecule has 1 aliphatic heterocycles. The van der Waals surface area contributed by atoms with Gasteiger partial charge in [0.15, 0.2) is 0 Å². The van der Waals surface area contributed by atoms with Gasteiger partial charge in [-0.25, -0.2) is 4.79 Å². The minimum atomic E-state index is -0.559.